The number of hydrogen-bond donors (Lipinski definition) is 1. The van der Waals surface area contributed by atoms with Crippen LogP contribution in [-0.2, 0) is 0 Å². The zero-order valence-corrected chi connectivity index (χ0v) is 12.0. The summed E-state index contributed by atoms with van der Waals surface area (Å²) in [6, 6.07) is 15.1. The summed E-state index contributed by atoms with van der Waals surface area (Å²) >= 11 is 0. The molecule has 0 spiro atoms. The second-order valence-corrected chi connectivity index (χ2v) is 4.89. The minimum atomic E-state index is -0.297. The van der Waals surface area contributed by atoms with Crippen LogP contribution in [-0.4, -0.2) is 30.1 Å². The highest BCUT2D eigenvalue weighted by molar-refractivity contribution is 6.02. The van der Waals surface area contributed by atoms with Gasteiger partial charge in [0.15, 0.2) is 0 Å². The first-order valence-corrected chi connectivity index (χ1v) is 7.02. The summed E-state index contributed by atoms with van der Waals surface area (Å²) in [6.07, 6.45) is 4.88. The summed E-state index contributed by atoms with van der Waals surface area (Å²) in [5.74, 6) is 0.0564. The third kappa shape index (κ3) is 2.34. The first-order valence-electron chi connectivity index (χ1n) is 7.02. The molecular weight excluding hydrogens is 292 g/mol. The number of nitrogens with zero attached hydrogens (tertiary/aromatic N) is 5. The van der Waals surface area contributed by atoms with Gasteiger partial charge in [-0.15, -0.1) is 10.2 Å². The van der Waals surface area contributed by atoms with Crippen molar-refractivity contribution in [2.45, 2.75) is 0 Å². The monoisotopic (exact) mass is 304 g/mol. The molecule has 23 heavy (non-hydrogen) atoms. The first kappa shape index (κ1) is 13.2. The van der Waals surface area contributed by atoms with Crippen LogP contribution < -0.4 is 5.32 Å². The highest BCUT2D eigenvalue weighted by atomic mass is 16.2. The van der Waals surface area contributed by atoms with E-state index in [2.05, 4.69) is 20.5 Å². The molecule has 0 saturated heterocycles. The van der Waals surface area contributed by atoms with Gasteiger partial charge >= 0.3 is 0 Å². The highest BCUT2D eigenvalue weighted by Gasteiger charge is 2.15. The van der Waals surface area contributed by atoms with Gasteiger partial charge in [0, 0.05) is 6.20 Å². The van der Waals surface area contributed by atoms with Gasteiger partial charge in [0.2, 0.25) is 5.95 Å². The van der Waals surface area contributed by atoms with E-state index in [9.17, 15) is 4.79 Å². The van der Waals surface area contributed by atoms with Crippen molar-refractivity contribution in [3.63, 3.8) is 0 Å². The lowest BCUT2D eigenvalue weighted by Gasteiger charge is -2.07. The van der Waals surface area contributed by atoms with Crippen molar-refractivity contribution in [2.24, 2.45) is 0 Å². The second kappa shape index (κ2) is 5.38. The molecule has 4 rings (SSSR count). The van der Waals surface area contributed by atoms with E-state index in [0.29, 0.717) is 17.3 Å². The average molecular weight is 304 g/mol. The highest BCUT2D eigenvalue weighted by Crippen LogP contribution is 2.14. The van der Waals surface area contributed by atoms with Crippen LogP contribution in [0.3, 0.4) is 0 Å². The maximum absolute atomic E-state index is 12.5. The van der Waals surface area contributed by atoms with Crippen LogP contribution in [0, 0.1) is 0 Å². The van der Waals surface area contributed by atoms with Crippen molar-refractivity contribution < 1.29 is 4.79 Å². The summed E-state index contributed by atoms with van der Waals surface area (Å²) in [4.78, 5) is 16.7. The Morgan fingerprint density at radius 1 is 1.04 bits per heavy atom. The van der Waals surface area contributed by atoms with Crippen molar-refractivity contribution in [2.75, 3.05) is 5.32 Å². The zero-order chi connectivity index (χ0) is 15.6. The fraction of sp³-hybridized carbons (Fsp3) is 0. The molecule has 0 fully saturated rings. The van der Waals surface area contributed by atoms with Crippen LogP contribution in [0.2, 0.25) is 0 Å². The van der Waals surface area contributed by atoms with Crippen molar-refractivity contribution in [3.8, 4) is 5.69 Å². The van der Waals surface area contributed by atoms with Crippen molar-refractivity contribution in [1.82, 2.24) is 24.1 Å². The number of carbonyl (C=O) groups excluding carboxylic acids is 1. The summed E-state index contributed by atoms with van der Waals surface area (Å²) in [5.41, 5.74) is 2.01. The standard InChI is InChI=1S/C16H12N6O/c23-15(13-10-17-14-8-4-5-9-21(13)14)19-16-20-18-11-22(16)12-6-2-1-3-7-12/h1-11H,(H,19,20,23). The number of hydrogen-bond acceptors (Lipinski definition) is 4. The topological polar surface area (TPSA) is 77.1 Å². The number of aromatic nitrogens is 5. The molecule has 7 nitrogen and oxygen atoms in total. The summed E-state index contributed by atoms with van der Waals surface area (Å²) in [7, 11) is 0. The smallest absolute Gasteiger partial charge is 0.276 e. The number of fused-ring (bicyclic) bond motifs is 1. The second-order valence-electron chi connectivity index (χ2n) is 4.89. The number of anilines is 1. The Hall–Kier alpha value is -3.48. The minimum absolute atomic E-state index is 0.297. The Labute approximate surface area is 131 Å². The van der Waals surface area contributed by atoms with E-state index in [4.69, 9.17) is 0 Å². The van der Waals surface area contributed by atoms with Gasteiger partial charge in [-0.3, -0.25) is 19.1 Å². The van der Waals surface area contributed by atoms with Gasteiger partial charge in [0.25, 0.3) is 5.91 Å². The molecule has 1 N–H and O–H groups in total. The minimum Gasteiger partial charge on any atom is -0.295 e. The van der Waals surface area contributed by atoms with E-state index in [-0.39, 0.29) is 5.91 Å². The number of para-hydroxylation sites is 1. The molecule has 112 valence electrons. The van der Waals surface area contributed by atoms with Crippen molar-refractivity contribution in [1.29, 1.82) is 0 Å². The number of imidazole rings is 1. The van der Waals surface area contributed by atoms with Gasteiger partial charge in [-0.1, -0.05) is 24.3 Å². The Kier molecular flexibility index (Phi) is 3.09. The van der Waals surface area contributed by atoms with E-state index in [1.54, 1.807) is 21.5 Å². The number of nitrogens with one attached hydrogen (secondary N) is 1. The van der Waals surface area contributed by atoms with E-state index >= 15 is 0 Å². The summed E-state index contributed by atoms with van der Waals surface area (Å²) in [5, 5.41) is 10.6. The van der Waals surface area contributed by atoms with Gasteiger partial charge in [-0.25, -0.2) is 4.98 Å². The Morgan fingerprint density at radius 2 is 1.87 bits per heavy atom. The number of pyridine rings is 1. The van der Waals surface area contributed by atoms with Crippen LogP contribution in [0.4, 0.5) is 5.95 Å². The van der Waals surface area contributed by atoms with E-state index in [1.165, 1.54) is 6.20 Å². The molecular formula is C16H12N6O. The normalized spacial score (nSPS) is 10.8. The maximum Gasteiger partial charge on any atom is 0.276 e. The number of carbonyl (C=O) groups is 1. The molecule has 0 unspecified atom stereocenters. The molecule has 3 heterocycles. The van der Waals surface area contributed by atoms with E-state index < -0.39 is 0 Å². The molecule has 0 aliphatic rings. The quantitative estimate of drug-likeness (QED) is 0.629. The predicted octanol–water partition coefficient (Wildman–Crippen LogP) is 2.17. The summed E-state index contributed by atoms with van der Waals surface area (Å²) in [6.45, 7) is 0. The Morgan fingerprint density at radius 3 is 2.74 bits per heavy atom. The molecule has 1 aromatic carbocycles. The van der Waals surface area contributed by atoms with E-state index in [0.717, 1.165) is 5.69 Å². The van der Waals surface area contributed by atoms with Crippen LogP contribution in [0.1, 0.15) is 10.5 Å². The van der Waals surface area contributed by atoms with Crippen LogP contribution in [0.15, 0.2) is 67.3 Å². The molecule has 3 aromatic heterocycles. The maximum atomic E-state index is 12.5. The van der Waals surface area contributed by atoms with Gasteiger partial charge in [0.05, 0.1) is 11.9 Å². The third-order valence-corrected chi connectivity index (χ3v) is 3.46. The fourth-order valence-electron chi connectivity index (χ4n) is 2.36. The van der Waals surface area contributed by atoms with Crippen LogP contribution in [0.25, 0.3) is 11.3 Å². The zero-order valence-electron chi connectivity index (χ0n) is 12.0. The molecule has 0 aliphatic heterocycles. The van der Waals surface area contributed by atoms with Crippen LogP contribution in [0.5, 0.6) is 0 Å². The SMILES string of the molecule is O=C(Nc1nncn1-c1ccccc1)c1cnc2ccccn12. The molecule has 0 bridgehead atoms. The van der Waals surface area contributed by atoms with Gasteiger partial charge in [0.1, 0.15) is 17.7 Å². The van der Waals surface area contributed by atoms with Crippen LogP contribution >= 0.6 is 0 Å². The van der Waals surface area contributed by atoms with Gasteiger partial charge in [-0.05, 0) is 24.3 Å². The largest absolute Gasteiger partial charge is 0.295 e. The van der Waals surface area contributed by atoms with Crippen molar-refractivity contribution in [3.05, 3.63) is 72.9 Å². The molecule has 7 heteroatoms. The molecule has 0 aliphatic carbocycles. The lowest BCUT2D eigenvalue weighted by atomic mass is 10.3. The molecule has 4 aromatic rings. The molecule has 0 saturated carbocycles. The molecule has 0 atom stereocenters. The molecule has 0 radical (unpaired) electrons. The van der Waals surface area contributed by atoms with Gasteiger partial charge < -0.3 is 0 Å². The Balaban J connectivity index is 1.67. The summed E-state index contributed by atoms with van der Waals surface area (Å²) < 4.78 is 3.43. The van der Waals surface area contributed by atoms with Crippen molar-refractivity contribution >= 4 is 17.5 Å². The number of benzene rings is 1. The third-order valence-electron chi connectivity index (χ3n) is 3.46. The number of amides is 1. The lowest BCUT2D eigenvalue weighted by Crippen LogP contribution is -2.17. The lowest BCUT2D eigenvalue weighted by molar-refractivity contribution is 0.102. The number of rotatable bonds is 3. The van der Waals surface area contributed by atoms with E-state index in [1.807, 2.05) is 48.5 Å². The molecule has 1 amide bonds. The Bertz CT molecular complexity index is 972. The van der Waals surface area contributed by atoms with Gasteiger partial charge in [-0.2, -0.15) is 0 Å². The average Bonchev–Trinajstić information content (AvgIpc) is 3.22. The predicted molar refractivity (Wildman–Crippen MR) is 84.5 cm³/mol. The fourth-order valence-corrected chi connectivity index (χ4v) is 2.36. The first-order chi connectivity index (χ1) is 11.3.